The SMILES string of the molecule is COc1ccccc1-c1cn(CCC(O)CN2CCN(c3ccccc3OC)CC2)nn1. The summed E-state index contributed by atoms with van der Waals surface area (Å²) in [5.74, 6) is 1.67. The lowest BCUT2D eigenvalue weighted by Crippen LogP contribution is -2.48. The van der Waals surface area contributed by atoms with Crippen LogP contribution in [0.3, 0.4) is 0 Å². The zero-order valence-electron chi connectivity index (χ0n) is 18.7. The van der Waals surface area contributed by atoms with Crippen LogP contribution in [0.4, 0.5) is 5.69 Å². The number of rotatable bonds is 9. The minimum Gasteiger partial charge on any atom is -0.496 e. The third kappa shape index (κ3) is 5.20. The van der Waals surface area contributed by atoms with Gasteiger partial charge < -0.3 is 19.5 Å². The second-order valence-electron chi connectivity index (χ2n) is 7.97. The molecule has 1 aromatic heterocycles. The fraction of sp³-hybridized carbons (Fsp3) is 0.417. The minimum atomic E-state index is -0.410. The van der Waals surface area contributed by atoms with Gasteiger partial charge in [-0.15, -0.1) is 5.10 Å². The van der Waals surface area contributed by atoms with Crippen molar-refractivity contribution in [3.05, 3.63) is 54.7 Å². The number of aryl methyl sites for hydroxylation is 1. The largest absolute Gasteiger partial charge is 0.496 e. The molecule has 2 aromatic carbocycles. The van der Waals surface area contributed by atoms with Crippen LogP contribution in [-0.2, 0) is 6.54 Å². The highest BCUT2D eigenvalue weighted by molar-refractivity contribution is 5.66. The van der Waals surface area contributed by atoms with Crippen LogP contribution in [0.15, 0.2) is 54.7 Å². The number of aromatic nitrogens is 3. The topological polar surface area (TPSA) is 75.9 Å². The molecule has 170 valence electrons. The van der Waals surface area contributed by atoms with E-state index in [1.807, 2.05) is 48.7 Å². The van der Waals surface area contributed by atoms with E-state index < -0.39 is 6.10 Å². The molecule has 3 aromatic rings. The third-order valence-electron chi connectivity index (χ3n) is 5.88. The van der Waals surface area contributed by atoms with Crippen LogP contribution in [0.1, 0.15) is 6.42 Å². The molecule has 0 radical (unpaired) electrons. The molecule has 0 aliphatic carbocycles. The van der Waals surface area contributed by atoms with Gasteiger partial charge in [0.15, 0.2) is 0 Å². The van der Waals surface area contributed by atoms with E-state index in [9.17, 15) is 5.11 Å². The summed E-state index contributed by atoms with van der Waals surface area (Å²) in [4.78, 5) is 4.66. The van der Waals surface area contributed by atoms with Gasteiger partial charge in [-0.1, -0.05) is 29.5 Å². The van der Waals surface area contributed by atoms with Gasteiger partial charge in [0, 0.05) is 44.8 Å². The average Bonchev–Trinajstić information content (AvgIpc) is 3.32. The molecule has 4 rings (SSSR count). The van der Waals surface area contributed by atoms with Crippen LogP contribution in [-0.4, -0.2) is 78.0 Å². The Morgan fingerprint density at radius 2 is 1.62 bits per heavy atom. The van der Waals surface area contributed by atoms with E-state index in [1.165, 1.54) is 0 Å². The molecule has 0 amide bonds. The fourth-order valence-electron chi connectivity index (χ4n) is 4.12. The molecule has 0 saturated carbocycles. The Kier molecular flexibility index (Phi) is 7.24. The third-order valence-corrected chi connectivity index (χ3v) is 5.88. The molecule has 0 spiro atoms. The highest BCUT2D eigenvalue weighted by atomic mass is 16.5. The van der Waals surface area contributed by atoms with Gasteiger partial charge >= 0.3 is 0 Å². The van der Waals surface area contributed by atoms with Gasteiger partial charge in [0.1, 0.15) is 17.2 Å². The molecule has 1 aliphatic rings. The molecule has 1 N–H and O–H groups in total. The molecule has 1 aliphatic heterocycles. The number of aliphatic hydroxyl groups is 1. The van der Waals surface area contributed by atoms with Crippen molar-refractivity contribution in [2.24, 2.45) is 0 Å². The molecule has 8 nitrogen and oxygen atoms in total. The zero-order valence-corrected chi connectivity index (χ0v) is 18.7. The summed E-state index contributed by atoms with van der Waals surface area (Å²) in [5, 5.41) is 19.1. The van der Waals surface area contributed by atoms with Crippen molar-refractivity contribution in [2.75, 3.05) is 51.8 Å². The van der Waals surface area contributed by atoms with E-state index >= 15 is 0 Å². The van der Waals surface area contributed by atoms with E-state index in [1.54, 1.807) is 18.9 Å². The van der Waals surface area contributed by atoms with Gasteiger partial charge in [-0.3, -0.25) is 9.58 Å². The van der Waals surface area contributed by atoms with Gasteiger partial charge in [0.25, 0.3) is 0 Å². The summed E-state index contributed by atoms with van der Waals surface area (Å²) >= 11 is 0. The van der Waals surface area contributed by atoms with Crippen LogP contribution < -0.4 is 14.4 Å². The Labute approximate surface area is 189 Å². The van der Waals surface area contributed by atoms with Crippen molar-refractivity contribution < 1.29 is 14.6 Å². The molecule has 1 unspecified atom stereocenters. The van der Waals surface area contributed by atoms with Crippen molar-refractivity contribution in [3.63, 3.8) is 0 Å². The highest BCUT2D eigenvalue weighted by Gasteiger charge is 2.21. The number of β-amino-alcohol motifs (C(OH)–C–C–N with tert-alkyl or cyclic N) is 1. The van der Waals surface area contributed by atoms with E-state index in [0.717, 1.165) is 54.6 Å². The van der Waals surface area contributed by atoms with Gasteiger partial charge in [0.2, 0.25) is 0 Å². The number of para-hydroxylation sites is 3. The smallest absolute Gasteiger partial charge is 0.142 e. The highest BCUT2D eigenvalue weighted by Crippen LogP contribution is 2.29. The van der Waals surface area contributed by atoms with Crippen molar-refractivity contribution in [3.8, 4) is 22.8 Å². The predicted molar refractivity (Wildman–Crippen MR) is 124 cm³/mol. The van der Waals surface area contributed by atoms with Crippen molar-refractivity contribution in [1.82, 2.24) is 19.9 Å². The first-order valence-electron chi connectivity index (χ1n) is 11.0. The fourth-order valence-corrected chi connectivity index (χ4v) is 4.12. The number of hydrogen-bond acceptors (Lipinski definition) is 7. The Balaban J connectivity index is 1.25. The molecule has 32 heavy (non-hydrogen) atoms. The maximum Gasteiger partial charge on any atom is 0.142 e. The Morgan fingerprint density at radius 1 is 0.938 bits per heavy atom. The maximum absolute atomic E-state index is 10.6. The van der Waals surface area contributed by atoms with E-state index in [4.69, 9.17) is 9.47 Å². The van der Waals surface area contributed by atoms with E-state index in [-0.39, 0.29) is 0 Å². The first kappa shape index (κ1) is 22.1. The predicted octanol–water partition coefficient (Wildman–Crippen LogP) is 2.54. The summed E-state index contributed by atoms with van der Waals surface area (Å²) in [6.45, 7) is 4.93. The number of ether oxygens (including phenoxy) is 2. The Morgan fingerprint density at radius 3 is 2.38 bits per heavy atom. The molecule has 1 atom stereocenters. The first-order valence-corrected chi connectivity index (χ1v) is 11.0. The second-order valence-corrected chi connectivity index (χ2v) is 7.97. The standard InChI is InChI=1S/C24H31N5O3/c1-31-23-9-5-3-7-20(23)21-18-29(26-25-21)12-11-19(30)17-27-13-15-28(16-14-27)22-8-4-6-10-24(22)32-2/h3-10,18-19,30H,11-17H2,1-2H3. The summed E-state index contributed by atoms with van der Waals surface area (Å²) in [7, 11) is 3.36. The average molecular weight is 438 g/mol. The van der Waals surface area contributed by atoms with Crippen molar-refractivity contribution in [2.45, 2.75) is 19.1 Å². The van der Waals surface area contributed by atoms with E-state index in [2.05, 4.69) is 26.2 Å². The summed E-state index contributed by atoms with van der Waals surface area (Å²) < 4.78 is 12.7. The molecule has 1 saturated heterocycles. The quantitative estimate of drug-likeness (QED) is 0.551. The number of piperazine rings is 1. The maximum atomic E-state index is 10.6. The van der Waals surface area contributed by atoms with Gasteiger partial charge in [-0.25, -0.2) is 0 Å². The van der Waals surface area contributed by atoms with Crippen LogP contribution in [0, 0.1) is 0 Å². The Hall–Kier alpha value is -3.10. The number of anilines is 1. The number of aliphatic hydroxyl groups excluding tert-OH is 1. The van der Waals surface area contributed by atoms with Crippen LogP contribution in [0.5, 0.6) is 11.5 Å². The van der Waals surface area contributed by atoms with Gasteiger partial charge in [-0.2, -0.15) is 0 Å². The molecule has 1 fully saturated rings. The van der Waals surface area contributed by atoms with Crippen LogP contribution in [0.2, 0.25) is 0 Å². The molecular weight excluding hydrogens is 406 g/mol. The lowest BCUT2D eigenvalue weighted by Gasteiger charge is -2.37. The van der Waals surface area contributed by atoms with Crippen LogP contribution >= 0.6 is 0 Å². The number of benzene rings is 2. The first-order chi connectivity index (χ1) is 15.7. The lowest BCUT2D eigenvalue weighted by molar-refractivity contribution is 0.0972. The molecule has 8 heteroatoms. The normalized spacial score (nSPS) is 15.5. The second kappa shape index (κ2) is 10.5. The number of hydrogen-bond donors (Lipinski definition) is 1. The summed E-state index contributed by atoms with van der Waals surface area (Å²) in [6.07, 6.45) is 2.12. The van der Waals surface area contributed by atoms with Gasteiger partial charge in [0.05, 0.1) is 32.2 Å². The lowest BCUT2D eigenvalue weighted by atomic mass is 10.1. The molecule has 2 heterocycles. The zero-order chi connectivity index (χ0) is 22.3. The molecule has 0 bridgehead atoms. The van der Waals surface area contributed by atoms with Crippen molar-refractivity contribution >= 4 is 5.69 Å². The number of nitrogens with zero attached hydrogens (tertiary/aromatic N) is 5. The minimum absolute atomic E-state index is 0.410. The van der Waals surface area contributed by atoms with Crippen molar-refractivity contribution in [1.29, 1.82) is 0 Å². The van der Waals surface area contributed by atoms with Gasteiger partial charge in [-0.05, 0) is 30.7 Å². The van der Waals surface area contributed by atoms with Crippen LogP contribution in [0.25, 0.3) is 11.3 Å². The van der Waals surface area contributed by atoms with E-state index in [0.29, 0.717) is 19.5 Å². The summed E-state index contributed by atoms with van der Waals surface area (Å²) in [5.41, 5.74) is 2.81. The monoisotopic (exact) mass is 437 g/mol. The molecular formula is C24H31N5O3. The Bertz CT molecular complexity index is 1000. The number of methoxy groups -OCH3 is 2. The summed E-state index contributed by atoms with van der Waals surface area (Å²) in [6, 6.07) is 15.9.